The number of hydrogen-bond donors (Lipinski definition) is 3. The monoisotopic (exact) mass is 297 g/mol. The molecule has 2 aliphatic rings. The van der Waals surface area contributed by atoms with Crippen LogP contribution in [0.15, 0.2) is 0 Å². The first-order valence-electron chi connectivity index (χ1n) is 7.92. The Morgan fingerprint density at radius 3 is 2.38 bits per heavy atom. The van der Waals surface area contributed by atoms with Gasteiger partial charge in [-0.15, -0.1) is 0 Å². The number of carbonyl (C=O) groups is 2. The van der Waals surface area contributed by atoms with Crippen molar-refractivity contribution in [1.82, 2.24) is 15.5 Å². The van der Waals surface area contributed by atoms with Crippen molar-refractivity contribution in [2.75, 3.05) is 20.1 Å². The van der Waals surface area contributed by atoms with Crippen LogP contribution in [0.2, 0.25) is 0 Å². The number of amides is 2. The fourth-order valence-electron chi connectivity index (χ4n) is 2.95. The van der Waals surface area contributed by atoms with E-state index in [2.05, 4.69) is 29.5 Å². The molecule has 3 N–H and O–H groups in total. The number of carbonyl (C=O) groups excluding carboxylic acids is 1. The molecule has 2 aliphatic carbocycles. The first kappa shape index (κ1) is 16.1. The minimum Gasteiger partial charge on any atom is -0.480 e. The molecule has 120 valence electrons. The average molecular weight is 297 g/mol. The lowest BCUT2D eigenvalue weighted by atomic mass is 9.77. The lowest BCUT2D eigenvalue weighted by molar-refractivity contribution is -0.146. The predicted molar refractivity (Wildman–Crippen MR) is 80.2 cm³/mol. The summed E-state index contributed by atoms with van der Waals surface area (Å²) in [6.07, 6.45) is 5.19. The maximum Gasteiger partial charge on any atom is 0.329 e. The molecule has 6 nitrogen and oxygen atoms in total. The van der Waals surface area contributed by atoms with E-state index in [1.807, 2.05) is 0 Å². The van der Waals surface area contributed by atoms with E-state index in [1.54, 1.807) is 0 Å². The molecule has 21 heavy (non-hydrogen) atoms. The molecule has 0 aliphatic heterocycles. The average Bonchev–Trinajstić information content (AvgIpc) is 3.25. The van der Waals surface area contributed by atoms with Crippen LogP contribution in [-0.2, 0) is 4.79 Å². The summed E-state index contributed by atoms with van der Waals surface area (Å²) >= 11 is 0. The molecule has 0 saturated heterocycles. The third kappa shape index (κ3) is 4.33. The Morgan fingerprint density at radius 2 is 1.86 bits per heavy atom. The predicted octanol–water partition coefficient (Wildman–Crippen LogP) is 1.41. The van der Waals surface area contributed by atoms with Crippen molar-refractivity contribution >= 4 is 12.0 Å². The van der Waals surface area contributed by atoms with Gasteiger partial charge in [0.15, 0.2) is 0 Å². The summed E-state index contributed by atoms with van der Waals surface area (Å²) in [6.45, 7) is 3.47. The topological polar surface area (TPSA) is 81.7 Å². The van der Waals surface area contributed by atoms with Crippen LogP contribution < -0.4 is 10.6 Å². The van der Waals surface area contributed by atoms with Gasteiger partial charge in [-0.1, -0.05) is 6.92 Å². The molecule has 0 aromatic rings. The van der Waals surface area contributed by atoms with Gasteiger partial charge in [-0.3, -0.25) is 0 Å². The molecule has 2 fully saturated rings. The molecule has 0 atom stereocenters. The molecule has 2 saturated carbocycles. The van der Waals surface area contributed by atoms with Crippen LogP contribution in [0.25, 0.3) is 0 Å². The number of aliphatic carboxylic acids is 1. The largest absolute Gasteiger partial charge is 0.480 e. The quantitative estimate of drug-likeness (QED) is 0.692. The molecule has 0 unspecified atom stereocenters. The molecular formula is C15H27N3O3. The Kier molecular flexibility index (Phi) is 5.08. The van der Waals surface area contributed by atoms with Crippen LogP contribution in [0.4, 0.5) is 4.79 Å². The lowest BCUT2D eigenvalue weighted by Crippen LogP contribution is -2.59. The van der Waals surface area contributed by atoms with Crippen molar-refractivity contribution in [2.45, 2.75) is 57.0 Å². The Balaban J connectivity index is 1.77. The second-order valence-corrected chi connectivity index (χ2v) is 6.66. The van der Waals surface area contributed by atoms with Gasteiger partial charge in [0, 0.05) is 19.1 Å². The number of urea groups is 1. The summed E-state index contributed by atoms with van der Waals surface area (Å²) in [5.74, 6) is -0.380. The van der Waals surface area contributed by atoms with E-state index >= 15 is 0 Å². The molecule has 0 aromatic heterocycles. The minimum atomic E-state index is -1.08. The Morgan fingerprint density at radius 1 is 1.24 bits per heavy atom. The van der Waals surface area contributed by atoms with Gasteiger partial charge in [0.1, 0.15) is 5.54 Å². The second-order valence-electron chi connectivity index (χ2n) is 6.66. The zero-order chi connectivity index (χ0) is 15.5. The fraction of sp³-hybridized carbons (Fsp3) is 0.867. The number of nitrogens with zero attached hydrogens (tertiary/aromatic N) is 1. The van der Waals surface area contributed by atoms with Crippen LogP contribution in [0, 0.1) is 5.92 Å². The molecular weight excluding hydrogens is 270 g/mol. The van der Waals surface area contributed by atoms with Crippen LogP contribution >= 0.6 is 0 Å². The summed E-state index contributed by atoms with van der Waals surface area (Å²) in [7, 11) is 2.05. The van der Waals surface area contributed by atoms with E-state index in [0.717, 1.165) is 19.4 Å². The van der Waals surface area contributed by atoms with Crippen LogP contribution in [-0.4, -0.2) is 53.7 Å². The molecule has 0 heterocycles. The van der Waals surface area contributed by atoms with Crippen LogP contribution in [0.3, 0.4) is 0 Å². The van der Waals surface area contributed by atoms with Gasteiger partial charge in [-0.05, 0) is 51.5 Å². The standard InChI is InChI=1S/C15H27N3O3/c1-11-5-7-15(8-6-11,13(19)20)17-14(21)16-9-10-18(2)12-3-4-12/h11-12H,3-10H2,1-2H3,(H,19,20)(H2,16,17,21). The molecule has 2 amide bonds. The summed E-state index contributed by atoms with van der Waals surface area (Å²) in [6, 6.07) is 0.302. The molecule has 2 rings (SSSR count). The SMILES string of the molecule is CC1CCC(NC(=O)NCCN(C)C2CC2)(C(=O)O)CC1. The van der Waals surface area contributed by atoms with Gasteiger partial charge in [-0.25, -0.2) is 9.59 Å². The summed E-state index contributed by atoms with van der Waals surface area (Å²) in [5, 5.41) is 15.0. The molecule has 0 bridgehead atoms. The summed E-state index contributed by atoms with van der Waals surface area (Å²) in [5.41, 5.74) is -1.08. The van der Waals surface area contributed by atoms with Gasteiger partial charge >= 0.3 is 12.0 Å². The van der Waals surface area contributed by atoms with Gasteiger partial charge in [0.05, 0.1) is 0 Å². The Bertz CT molecular complexity index is 388. The third-order valence-corrected chi connectivity index (χ3v) is 4.81. The zero-order valence-corrected chi connectivity index (χ0v) is 13.0. The molecule has 0 radical (unpaired) electrons. The molecule has 0 aromatic carbocycles. The molecule has 0 spiro atoms. The van der Waals surface area contributed by atoms with Gasteiger partial charge in [-0.2, -0.15) is 0 Å². The van der Waals surface area contributed by atoms with Crippen molar-refractivity contribution < 1.29 is 14.7 Å². The molecule has 6 heteroatoms. The van der Waals surface area contributed by atoms with Gasteiger partial charge < -0.3 is 20.6 Å². The highest BCUT2D eigenvalue weighted by atomic mass is 16.4. The van der Waals surface area contributed by atoms with Gasteiger partial charge in [0.2, 0.25) is 0 Å². The normalized spacial score (nSPS) is 29.2. The highest BCUT2D eigenvalue weighted by Crippen LogP contribution is 2.32. The van der Waals surface area contributed by atoms with E-state index < -0.39 is 11.5 Å². The number of likely N-dealkylation sites (N-methyl/N-ethyl adjacent to an activating group) is 1. The number of nitrogens with one attached hydrogen (secondary N) is 2. The fourth-order valence-corrected chi connectivity index (χ4v) is 2.95. The Labute approximate surface area is 126 Å². The van der Waals surface area contributed by atoms with Crippen LogP contribution in [0.5, 0.6) is 0 Å². The smallest absolute Gasteiger partial charge is 0.329 e. The van der Waals surface area contributed by atoms with Crippen molar-refractivity contribution in [3.8, 4) is 0 Å². The summed E-state index contributed by atoms with van der Waals surface area (Å²) in [4.78, 5) is 25.7. The van der Waals surface area contributed by atoms with Crippen molar-refractivity contribution in [1.29, 1.82) is 0 Å². The lowest BCUT2D eigenvalue weighted by Gasteiger charge is -2.36. The van der Waals surface area contributed by atoms with Crippen molar-refractivity contribution in [3.05, 3.63) is 0 Å². The van der Waals surface area contributed by atoms with E-state index in [0.29, 0.717) is 31.3 Å². The highest BCUT2D eigenvalue weighted by Gasteiger charge is 2.42. The van der Waals surface area contributed by atoms with E-state index in [1.165, 1.54) is 12.8 Å². The second kappa shape index (κ2) is 6.64. The van der Waals surface area contributed by atoms with Crippen molar-refractivity contribution in [2.24, 2.45) is 5.92 Å². The number of rotatable bonds is 6. The van der Waals surface area contributed by atoms with Crippen molar-refractivity contribution in [3.63, 3.8) is 0 Å². The van der Waals surface area contributed by atoms with E-state index in [-0.39, 0.29) is 6.03 Å². The van der Waals surface area contributed by atoms with Crippen LogP contribution in [0.1, 0.15) is 45.4 Å². The minimum absolute atomic E-state index is 0.365. The number of carboxylic acid groups (broad SMARTS) is 1. The third-order valence-electron chi connectivity index (χ3n) is 4.81. The first-order chi connectivity index (χ1) is 9.93. The maximum atomic E-state index is 12.0. The summed E-state index contributed by atoms with van der Waals surface area (Å²) < 4.78 is 0. The highest BCUT2D eigenvalue weighted by molar-refractivity contribution is 5.86. The van der Waals surface area contributed by atoms with E-state index in [9.17, 15) is 14.7 Å². The first-order valence-corrected chi connectivity index (χ1v) is 7.92. The maximum absolute atomic E-state index is 12.0. The van der Waals surface area contributed by atoms with E-state index in [4.69, 9.17) is 0 Å². The number of carboxylic acids is 1. The van der Waals surface area contributed by atoms with Gasteiger partial charge in [0.25, 0.3) is 0 Å². The Hall–Kier alpha value is -1.30. The number of hydrogen-bond acceptors (Lipinski definition) is 3. The zero-order valence-electron chi connectivity index (χ0n) is 13.0.